The standard InChI is InChI=1S/C25H25NO4/c1-18-9-12-22(28-2)21(15-18)26-25(27)14-11-19-10-13-23(24(16-19)29-3)30-17-20-7-5-4-6-8-20/h4-16H,17H2,1-3H3,(H,26,27)/b14-11+. The van der Waals surface area contributed by atoms with Gasteiger partial charge in [0.2, 0.25) is 5.91 Å². The van der Waals surface area contributed by atoms with Gasteiger partial charge in [0.15, 0.2) is 11.5 Å². The van der Waals surface area contributed by atoms with Crippen molar-refractivity contribution in [2.24, 2.45) is 0 Å². The molecule has 3 aromatic carbocycles. The van der Waals surface area contributed by atoms with Crippen molar-refractivity contribution >= 4 is 17.7 Å². The van der Waals surface area contributed by atoms with E-state index < -0.39 is 0 Å². The summed E-state index contributed by atoms with van der Waals surface area (Å²) in [6, 6.07) is 21.1. The van der Waals surface area contributed by atoms with Crippen LogP contribution in [0, 0.1) is 6.92 Å². The van der Waals surface area contributed by atoms with E-state index in [0.29, 0.717) is 29.5 Å². The molecule has 0 radical (unpaired) electrons. The molecule has 0 saturated carbocycles. The lowest BCUT2D eigenvalue weighted by Crippen LogP contribution is -2.09. The Kier molecular flexibility index (Phi) is 7.11. The van der Waals surface area contributed by atoms with Crippen molar-refractivity contribution in [3.63, 3.8) is 0 Å². The Balaban J connectivity index is 1.66. The number of aryl methyl sites for hydroxylation is 1. The molecule has 5 nitrogen and oxygen atoms in total. The number of nitrogens with one attached hydrogen (secondary N) is 1. The molecule has 0 aromatic heterocycles. The summed E-state index contributed by atoms with van der Waals surface area (Å²) in [5, 5.41) is 2.84. The minimum atomic E-state index is -0.248. The number of anilines is 1. The van der Waals surface area contributed by atoms with Crippen LogP contribution < -0.4 is 19.5 Å². The van der Waals surface area contributed by atoms with Crippen LogP contribution in [0.25, 0.3) is 6.08 Å². The summed E-state index contributed by atoms with van der Waals surface area (Å²) in [5.41, 5.74) is 3.57. The fourth-order valence-electron chi connectivity index (χ4n) is 2.91. The van der Waals surface area contributed by atoms with Crippen LogP contribution >= 0.6 is 0 Å². The first-order valence-electron chi connectivity index (χ1n) is 9.57. The summed E-state index contributed by atoms with van der Waals surface area (Å²) < 4.78 is 16.6. The second-order valence-corrected chi connectivity index (χ2v) is 6.71. The first-order valence-corrected chi connectivity index (χ1v) is 9.57. The highest BCUT2D eigenvalue weighted by Crippen LogP contribution is 2.29. The molecule has 0 aliphatic heterocycles. The highest BCUT2D eigenvalue weighted by molar-refractivity contribution is 6.02. The van der Waals surface area contributed by atoms with E-state index in [1.165, 1.54) is 6.08 Å². The van der Waals surface area contributed by atoms with E-state index in [1.54, 1.807) is 20.3 Å². The number of carbonyl (C=O) groups excluding carboxylic acids is 1. The molecule has 1 N–H and O–H groups in total. The predicted octanol–water partition coefficient (Wildman–Crippen LogP) is 5.24. The third-order valence-electron chi connectivity index (χ3n) is 4.46. The molecule has 3 aromatic rings. The van der Waals surface area contributed by atoms with Crippen molar-refractivity contribution in [2.75, 3.05) is 19.5 Å². The summed E-state index contributed by atoms with van der Waals surface area (Å²) in [6.07, 6.45) is 3.20. The maximum Gasteiger partial charge on any atom is 0.248 e. The van der Waals surface area contributed by atoms with Gasteiger partial charge in [-0.3, -0.25) is 4.79 Å². The number of carbonyl (C=O) groups is 1. The first-order chi connectivity index (χ1) is 14.6. The van der Waals surface area contributed by atoms with Gasteiger partial charge in [0, 0.05) is 6.08 Å². The van der Waals surface area contributed by atoms with Gasteiger partial charge in [-0.15, -0.1) is 0 Å². The second-order valence-electron chi connectivity index (χ2n) is 6.71. The maximum atomic E-state index is 12.3. The molecule has 0 saturated heterocycles. The van der Waals surface area contributed by atoms with Crippen LogP contribution in [0.1, 0.15) is 16.7 Å². The van der Waals surface area contributed by atoms with Gasteiger partial charge < -0.3 is 19.5 Å². The highest BCUT2D eigenvalue weighted by Gasteiger charge is 2.07. The van der Waals surface area contributed by atoms with Gasteiger partial charge >= 0.3 is 0 Å². The van der Waals surface area contributed by atoms with Gasteiger partial charge in [-0.05, 0) is 54.0 Å². The van der Waals surface area contributed by atoms with E-state index in [-0.39, 0.29) is 5.91 Å². The van der Waals surface area contributed by atoms with Gasteiger partial charge in [0.05, 0.1) is 19.9 Å². The monoisotopic (exact) mass is 403 g/mol. The summed E-state index contributed by atoms with van der Waals surface area (Å²) in [5.74, 6) is 1.62. The molecule has 3 rings (SSSR count). The molecule has 0 heterocycles. The van der Waals surface area contributed by atoms with Gasteiger partial charge in [-0.2, -0.15) is 0 Å². The number of ether oxygens (including phenoxy) is 3. The quantitative estimate of drug-likeness (QED) is 0.523. The third kappa shape index (κ3) is 5.64. The van der Waals surface area contributed by atoms with E-state index in [0.717, 1.165) is 16.7 Å². The molecule has 0 aliphatic rings. The molecule has 0 fully saturated rings. The number of benzene rings is 3. The summed E-state index contributed by atoms with van der Waals surface area (Å²) >= 11 is 0. The zero-order chi connectivity index (χ0) is 21.3. The van der Waals surface area contributed by atoms with Crippen LogP contribution in [0.15, 0.2) is 72.8 Å². The van der Waals surface area contributed by atoms with E-state index in [4.69, 9.17) is 14.2 Å². The number of hydrogen-bond donors (Lipinski definition) is 1. The van der Waals surface area contributed by atoms with Crippen LogP contribution in [-0.4, -0.2) is 20.1 Å². The lowest BCUT2D eigenvalue weighted by molar-refractivity contribution is -0.111. The maximum absolute atomic E-state index is 12.3. The summed E-state index contributed by atoms with van der Waals surface area (Å²) in [4.78, 5) is 12.3. The molecular weight excluding hydrogens is 378 g/mol. The molecular formula is C25H25NO4. The van der Waals surface area contributed by atoms with Gasteiger partial charge in [-0.1, -0.05) is 42.5 Å². The third-order valence-corrected chi connectivity index (χ3v) is 4.46. The van der Waals surface area contributed by atoms with Crippen LogP contribution in [0.3, 0.4) is 0 Å². The van der Waals surface area contributed by atoms with Crippen LogP contribution in [0.4, 0.5) is 5.69 Å². The molecule has 5 heteroatoms. The molecule has 154 valence electrons. The van der Waals surface area contributed by atoms with Crippen molar-refractivity contribution in [1.82, 2.24) is 0 Å². The zero-order valence-corrected chi connectivity index (χ0v) is 17.3. The highest BCUT2D eigenvalue weighted by atomic mass is 16.5. The Hall–Kier alpha value is -3.73. The molecule has 30 heavy (non-hydrogen) atoms. The molecule has 0 unspecified atom stereocenters. The van der Waals surface area contributed by atoms with Gasteiger partial charge in [0.1, 0.15) is 12.4 Å². The lowest BCUT2D eigenvalue weighted by atomic mass is 10.1. The Labute approximate surface area is 176 Å². The Bertz CT molecular complexity index is 1030. The Morgan fingerprint density at radius 2 is 1.63 bits per heavy atom. The van der Waals surface area contributed by atoms with E-state index in [1.807, 2.05) is 73.7 Å². The van der Waals surface area contributed by atoms with Crippen LogP contribution in [-0.2, 0) is 11.4 Å². The summed E-state index contributed by atoms with van der Waals surface area (Å²) in [7, 11) is 3.17. The van der Waals surface area contributed by atoms with Gasteiger partial charge in [0.25, 0.3) is 0 Å². The Morgan fingerprint density at radius 1 is 0.900 bits per heavy atom. The van der Waals surface area contributed by atoms with Crippen molar-refractivity contribution in [3.05, 3.63) is 89.5 Å². The average molecular weight is 403 g/mol. The predicted molar refractivity (Wildman–Crippen MR) is 119 cm³/mol. The fraction of sp³-hybridized carbons (Fsp3) is 0.160. The van der Waals surface area contributed by atoms with E-state index in [9.17, 15) is 4.79 Å². The minimum Gasteiger partial charge on any atom is -0.495 e. The minimum absolute atomic E-state index is 0.248. The zero-order valence-electron chi connectivity index (χ0n) is 17.3. The number of amides is 1. The Morgan fingerprint density at radius 3 is 2.37 bits per heavy atom. The molecule has 0 bridgehead atoms. The lowest BCUT2D eigenvalue weighted by Gasteiger charge is -2.11. The SMILES string of the molecule is COc1ccc(C)cc1NC(=O)/C=C/c1ccc(OCc2ccccc2)c(OC)c1. The van der Waals surface area contributed by atoms with Crippen molar-refractivity contribution in [2.45, 2.75) is 13.5 Å². The van der Waals surface area contributed by atoms with Crippen molar-refractivity contribution in [1.29, 1.82) is 0 Å². The smallest absolute Gasteiger partial charge is 0.248 e. The molecule has 0 spiro atoms. The number of methoxy groups -OCH3 is 2. The molecule has 1 amide bonds. The van der Waals surface area contributed by atoms with Crippen LogP contribution in [0.2, 0.25) is 0 Å². The van der Waals surface area contributed by atoms with Gasteiger partial charge in [-0.25, -0.2) is 0 Å². The van der Waals surface area contributed by atoms with E-state index >= 15 is 0 Å². The normalized spacial score (nSPS) is 10.6. The van der Waals surface area contributed by atoms with Crippen LogP contribution in [0.5, 0.6) is 17.2 Å². The van der Waals surface area contributed by atoms with Crippen molar-refractivity contribution in [3.8, 4) is 17.2 Å². The fourth-order valence-corrected chi connectivity index (χ4v) is 2.91. The second kappa shape index (κ2) is 10.2. The van der Waals surface area contributed by atoms with Crippen molar-refractivity contribution < 1.29 is 19.0 Å². The molecule has 0 aliphatic carbocycles. The summed E-state index contributed by atoms with van der Waals surface area (Å²) in [6.45, 7) is 2.41. The van der Waals surface area contributed by atoms with E-state index in [2.05, 4.69) is 5.32 Å². The first kappa shape index (κ1) is 21.0. The topological polar surface area (TPSA) is 56.8 Å². The molecule has 0 atom stereocenters. The number of rotatable bonds is 8. The number of hydrogen-bond acceptors (Lipinski definition) is 4. The largest absolute Gasteiger partial charge is 0.495 e. The average Bonchev–Trinajstić information content (AvgIpc) is 2.77.